The summed E-state index contributed by atoms with van der Waals surface area (Å²) in [5.41, 5.74) is 10.9. The van der Waals surface area contributed by atoms with Crippen molar-refractivity contribution < 1.29 is 19.1 Å². The second-order valence-corrected chi connectivity index (χ2v) is 12.8. The van der Waals surface area contributed by atoms with Crippen LogP contribution in [0.2, 0.25) is 0 Å². The van der Waals surface area contributed by atoms with Gasteiger partial charge in [0.1, 0.15) is 11.9 Å². The first-order valence-corrected chi connectivity index (χ1v) is 15.9. The zero-order valence-corrected chi connectivity index (χ0v) is 25.4. The number of rotatable bonds is 9. The van der Waals surface area contributed by atoms with Crippen LogP contribution in [0.25, 0.3) is 11.1 Å². The number of hydrogen-bond acceptors (Lipinski definition) is 5. The number of anilines is 1. The number of primary amides is 1. The molecule has 1 heterocycles. The van der Waals surface area contributed by atoms with Crippen molar-refractivity contribution in [2.24, 2.45) is 17.6 Å². The Kier molecular flexibility index (Phi) is 8.73. The normalized spacial score (nSPS) is 23.9. The molecule has 43 heavy (non-hydrogen) atoms. The van der Waals surface area contributed by atoms with Crippen LogP contribution in [0.4, 0.5) is 10.5 Å². The monoisotopic (exact) mass is 584 g/mol. The van der Waals surface area contributed by atoms with Crippen LogP contribution in [0.1, 0.15) is 87.3 Å². The van der Waals surface area contributed by atoms with Gasteiger partial charge in [0.05, 0.1) is 19.3 Å². The number of carbonyl (C=O) groups is 2. The molecule has 8 heteroatoms. The molecule has 6 rings (SSSR count). The van der Waals surface area contributed by atoms with E-state index in [1.807, 2.05) is 6.20 Å². The van der Waals surface area contributed by atoms with Crippen LogP contribution in [0.3, 0.4) is 0 Å². The fourth-order valence-corrected chi connectivity index (χ4v) is 7.11. The summed E-state index contributed by atoms with van der Waals surface area (Å²) in [5, 5.41) is 4.59. The predicted molar refractivity (Wildman–Crippen MR) is 167 cm³/mol. The first-order chi connectivity index (χ1) is 20.9. The molecule has 3 aromatic rings. The standard InChI is InChI=1S/C35H44N4O4/c1-23-18-28(12-17-33(23)42-2)25-8-6-24(7-9-25)21-38(34(40)26-10-15-32(16-11-26)43-35(36)41)31-5-3-4-27(19-31)29-20-37-39(22-29)30-13-14-30/h3-5,12,17-20,22,24-26,30,32H,6-11,13-16,21H2,1-2H3,(H2,36,41)/t24-,25-,26-,32-. The number of ether oxygens (including phenoxy) is 2. The number of amides is 2. The molecule has 8 nitrogen and oxygen atoms in total. The van der Waals surface area contributed by atoms with Gasteiger partial charge in [-0.3, -0.25) is 9.48 Å². The van der Waals surface area contributed by atoms with Crippen LogP contribution in [0, 0.1) is 18.8 Å². The maximum atomic E-state index is 14.2. The third-order valence-corrected chi connectivity index (χ3v) is 9.76. The molecule has 2 aromatic carbocycles. The largest absolute Gasteiger partial charge is 0.496 e. The van der Waals surface area contributed by atoms with Gasteiger partial charge >= 0.3 is 6.09 Å². The summed E-state index contributed by atoms with van der Waals surface area (Å²) in [4.78, 5) is 27.5. The molecular formula is C35H44N4O4. The summed E-state index contributed by atoms with van der Waals surface area (Å²) in [6.45, 7) is 2.83. The highest BCUT2D eigenvalue weighted by Crippen LogP contribution is 2.40. The number of benzene rings is 2. The Morgan fingerprint density at radius 1 is 0.953 bits per heavy atom. The Labute approximate surface area is 254 Å². The van der Waals surface area contributed by atoms with E-state index in [-0.39, 0.29) is 17.9 Å². The van der Waals surface area contributed by atoms with Crippen molar-refractivity contribution in [1.82, 2.24) is 9.78 Å². The van der Waals surface area contributed by atoms with Crippen molar-refractivity contribution in [3.8, 4) is 16.9 Å². The third-order valence-electron chi connectivity index (χ3n) is 9.76. The van der Waals surface area contributed by atoms with Gasteiger partial charge in [-0.05, 0) is 118 Å². The number of aryl methyl sites for hydroxylation is 1. The number of nitrogens with zero attached hydrogens (tertiary/aromatic N) is 3. The number of carbonyl (C=O) groups excluding carboxylic acids is 2. The fourth-order valence-electron chi connectivity index (χ4n) is 7.11. The average Bonchev–Trinajstić information content (AvgIpc) is 3.76. The van der Waals surface area contributed by atoms with E-state index in [1.165, 1.54) is 24.0 Å². The van der Waals surface area contributed by atoms with Gasteiger partial charge in [0.25, 0.3) is 0 Å². The van der Waals surface area contributed by atoms with Gasteiger partial charge in [0.15, 0.2) is 0 Å². The molecule has 0 spiro atoms. The van der Waals surface area contributed by atoms with E-state index in [0.29, 0.717) is 43.6 Å². The molecule has 1 aromatic heterocycles. The Morgan fingerprint density at radius 3 is 2.40 bits per heavy atom. The van der Waals surface area contributed by atoms with E-state index in [1.54, 1.807) is 7.11 Å². The average molecular weight is 585 g/mol. The smallest absolute Gasteiger partial charge is 0.404 e. The highest BCUT2D eigenvalue weighted by atomic mass is 16.6. The first kappa shape index (κ1) is 29.3. The van der Waals surface area contributed by atoms with Crippen molar-refractivity contribution in [3.05, 3.63) is 66.0 Å². The van der Waals surface area contributed by atoms with Crippen molar-refractivity contribution in [2.45, 2.75) is 89.2 Å². The molecule has 2 amide bonds. The van der Waals surface area contributed by atoms with Crippen LogP contribution in [-0.4, -0.2) is 41.5 Å². The molecule has 0 atom stereocenters. The number of methoxy groups -OCH3 is 1. The van der Waals surface area contributed by atoms with Gasteiger partial charge in [-0.2, -0.15) is 5.10 Å². The van der Waals surface area contributed by atoms with Crippen LogP contribution in [0.15, 0.2) is 54.9 Å². The molecule has 2 N–H and O–H groups in total. The molecular weight excluding hydrogens is 540 g/mol. The molecule has 3 fully saturated rings. The molecule has 0 aliphatic heterocycles. The Hall–Kier alpha value is -3.81. The van der Waals surface area contributed by atoms with Crippen molar-refractivity contribution >= 4 is 17.7 Å². The second-order valence-electron chi connectivity index (χ2n) is 12.8. The van der Waals surface area contributed by atoms with Crippen LogP contribution in [0.5, 0.6) is 5.75 Å². The van der Waals surface area contributed by atoms with Gasteiger partial charge in [-0.15, -0.1) is 0 Å². The molecule has 0 bridgehead atoms. The summed E-state index contributed by atoms with van der Waals surface area (Å²) in [6, 6.07) is 15.5. The summed E-state index contributed by atoms with van der Waals surface area (Å²) in [7, 11) is 1.72. The lowest BCUT2D eigenvalue weighted by atomic mass is 9.78. The highest BCUT2D eigenvalue weighted by Gasteiger charge is 2.34. The zero-order chi connectivity index (χ0) is 29.9. The molecule has 0 saturated heterocycles. The molecule has 0 radical (unpaired) electrons. The summed E-state index contributed by atoms with van der Waals surface area (Å²) in [6.07, 6.45) is 12.7. The van der Waals surface area contributed by atoms with E-state index < -0.39 is 6.09 Å². The van der Waals surface area contributed by atoms with E-state index in [0.717, 1.165) is 54.8 Å². The zero-order valence-electron chi connectivity index (χ0n) is 25.4. The first-order valence-electron chi connectivity index (χ1n) is 15.9. The molecule has 228 valence electrons. The maximum absolute atomic E-state index is 14.2. The van der Waals surface area contributed by atoms with Crippen molar-refractivity contribution in [3.63, 3.8) is 0 Å². The fraction of sp³-hybridized carbons (Fsp3) is 0.514. The van der Waals surface area contributed by atoms with Crippen LogP contribution >= 0.6 is 0 Å². The van der Waals surface area contributed by atoms with Gasteiger partial charge in [0.2, 0.25) is 5.91 Å². The topological polar surface area (TPSA) is 99.7 Å². The van der Waals surface area contributed by atoms with Crippen LogP contribution in [-0.2, 0) is 9.53 Å². The quantitative estimate of drug-likeness (QED) is 0.288. The Balaban J connectivity index is 1.18. The van der Waals surface area contributed by atoms with E-state index in [9.17, 15) is 9.59 Å². The minimum absolute atomic E-state index is 0.0902. The molecule has 3 saturated carbocycles. The van der Waals surface area contributed by atoms with Gasteiger partial charge in [-0.25, -0.2) is 4.79 Å². The summed E-state index contributed by atoms with van der Waals surface area (Å²) in [5.74, 6) is 2.00. The van der Waals surface area contributed by atoms with Gasteiger partial charge in [-0.1, -0.05) is 24.3 Å². The minimum atomic E-state index is -0.737. The number of hydrogen-bond donors (Lipinski definition) is 1. The Bertz CT molecular complexity index is 1430. The number of nitrogens with two attached hydrogens (primary N) is 1. The lowest BCUT2D eigenvalue weighted by molar-refractivity contribution is -0.124. The Morgan fingerprint density at radius 2 is 1.72 bits per heavy atom. The van der Waals surface area contributed by atoms with E-state index in [2.05, 4.69) is 70.3 Å². The lowest BCUT2D eigenvalue weighted by Gasteiger charge is -2.36. The third kappa shape index (κ3) is 6.89. The number of aromatic nitrogens is 2. The van der Waals surface area contributed by atoms with Crippen molar-refractivity contribution in [2.75, 3.05) is 18.6 Å². The SMILES string of the molecule is COc1ccc([C@H]2CC[C@H](CN(c3cccc(-c4cnn(C5CC5)c4)c3)C(=O)[C@H]3CC[C@H](OC(N)=O)CC3)CC2)cc1C. The molecule has 0 unspecified atom stereocenters. The summed E-state index contributed by atoms with van der Waals surface area (Å²) < 4.78 is 12.8. The molecule has 3 aliphatic rings. The lowest BCUT2D eigenvalue weighted by Crippen LogP contribution is -2.42. The minimum Gasteiger partial charge on any atom is -0.496 e. The van der Waals surface area contributed by atoms with E-state index in [4.69, 9.17) is 15.2 Å². The highest BCUT2D eigenvalue weighted by molar-refractivity contribution is 5.95. The predicted octanol–water partition coefficient (Wildman–Crippen LogP) is 7.16. The summed E-state index contributed by atoms with van der Waals surface area (Å²) >= 11 is 0. The second kappa shape index (κ2) is 12.8. The van der Waals surface area contributed by atoms with Crippen LogP contribution < -0.4 is 15.4 Å². The molecule has 3 aliphatic carbocycles. The van der Waals surface area contributed by atoms with Crippen molar-refractivity contribution in [1.29, 1.82) is 0 Å². The van der Waals surface area contributed by atoms with Gasteiger partial charge in [0, 0.05) is 29.9 Å². The van der Waals surface area contributed by atoms with E-state index >= 15 is 0 Å². The maximum Gasteiger partial charge on any atom is 0.404 e. The van der Waals surface area contributed by atoms with Gasteiger partial charge < -0.3 is 20.1 Å².